The van der Waals surface area contributed by atoms with Crippen molar-refractivity contribution in [2.45, 2.75) is 11.8 Å². The number of halogens is 2. The Labute approximate surface area is 136 Å². The van der Waals surface area contributed by atoms with Crippen LogP contribution < -0.4 is 0 Å². The van der Waals surface area contributed by atoms with Gasteiger partial charge in [0.15, 0.2) is 0 Å². The monoisotopic (exact) mass is 319 g/mol. The lowest BCUT2D eigenvalue weighted by molar-refractivity contribution is 0.377. The number of rotatable bonds is 4. The summed E-state index contributed by atoms with van der Waals surface area (Å²) in [6.07, 6.45) is 1.18. The lowest BCUT2D eigenvalue weighted by Gasteiger charge is -2.21. The molecule has 0 aliphatic heterocycles. The first-order valence-electron chi connectivity index (χ1n) is 7.19. The molecule has 2 aromatic carbocycles. The first-order chi connectivity index (χ1) is 10.0. The molecule has 0 N–H and O–H groups in total. The third kappa shape index (κ3) is 2.83. The van der Waals surface area contributed by atoms with E-state index >= 15 is 0 Å². The van der Waals surface area contributed by atoms with Crippen LogP contribution in [-0.2, 0) is 5.41 Å². The van der Waals surface area contributed by atoms with Crippen LogP contribution in [0.5, 0.6) is 0 Å². The minimum Gasteiger partial charge on any atom is -0.309 e. The second kappa shape index (κ2) is 5.64. The second-order valence-electron chi connectivity index (χ2n) is 6.15. The number of hydrogen-bond acceptors (Lipinski definition) is 1. The summed E-state index contributed by atoms with van der Waals surface area (Å²) < 4.78 is 0. The Balaban J connectivity index is 2.01. The fraction of sp³-hybridized carbons (Fsp3) is 0.333. The van der Waals surface area contributed by atoms with Crippen LogP contribution in [0.3, 0.4) is 0 Å². The molecule has 0 amide bonds. The average molecular weight is 320 g/mol. The summed E-state index contributed by atoms with van der Waals surface area (Å²) in [5.41, 5.74) is 2.81. The van der Waals surface area contributed by atoms with E-state index in [1.54, 1.807) is 0 Å². The van der Waals surface area contributed by atoms with Crippen molar-refractivity contribution in [1.82, 2.24) is 4.90 Å². The molecule has 1 aliphatic carbocycles. The smallest absolute Gasteiger partial charge is 0.0406 e. The van der Waals surface area contributed by atoms with Crippen LogP contribution in [0.2, 0.25) is 10.0 Å². The SMILES string of the molecule is CN(C)CC1CC1(c1ccc(Cl)cc1)c1ccc(Cl)cc1. The average Bonchev–Trinajstić information content (AvgIpc) is 3.14. The molecule has 0 saturated heterocycles. The Bertz CT molecular complexity index is 571. The van der Waals surface area contributed by atoms with Crippen molar-refractivity contribution in [1.29, 1.82) is 0 Å². The Kier molecular flexibility index (Phi) is 4.00. The molecular formula is C18H19Cl2N. The number of hydrogen-bond donors (Lipinski definition) is 0. The predicted molar refractivity (Wildman–Crippen MR) is 90.3 cm³/mol. The highest BCUT2D eigenvalue weighted by Crippen LogP contribution is 2.59. The van der Waals surface area contributed by atoms with Gasteiger partial charge in [0.05, 0.1) is 0 Å². The van der Waals surface area contributed by atoms with E-state index in [1.807, 2.05) is 24.3 Å². The van der Waals surface area contributed by atoms with Crippen molar-refractivity contribution < 1.29 is 0 Å². The third-order valence-corrected chi connectivity index (χ3v) is 4.91. The van der Waals surface area contributed by atoms with Crippen molar-refractivity contribution in [2.24, 2.45) is 5.92 Å². The summed E-state index contributed by atoms with van der Waals surface area (Å²) in [6.45, 7) is 1.09. The summed E-state index contributed by atoms with van der Waals surface area (Å²) in [5, 5.41) is 1.57. The minimum atomic E-state index is 0.111. The molecular weight excluding hydrogens is 301 g/mol. The van der Waals surface area contributed by atoms with E-state index in [4.69, 9.17) is 23.2 Å². The fourth-order valence-electron chi connectivity index (χ4n) is 3.36. The van der Waals surface area contributed by atoms with Crippen molar-refractivity contribution in [3.8, 4) is 0 Å². The van der Waals surface area contributed by atoms with E-state index in [2.05, 4.69) is 43.3 Å². The zero-order valence-electron chi connectivity index (χ0n) is 12.3. The summed E-state index contributed by atoms with van der Waals surface area (Å²) in [6, 6.07) is 16.6. The highest BCUT2D eigenvalue weighted by molar-refractivity contribution is 6.30. The first-order valence-corrected chi connectivity index (χ1v) is 7.95. The maximum Gasteiger partial charge on any atom is 0.0406 e. The molecule has 21 heavy (non-hydrogen) atoms. The van der Waals surface area contributed by atoms with Gasteiger partial charge in [-0.2, -0.15) is 0 Å². The van der Waals surface area contributed by atoms with Gasteiger partial charge in [-0.15, -0.1) is 0 Å². The van der Waals surface area contributed by atoms with E-state index in [0.29, 0.717) is 5.92 Å². The van der Waals surface area contributed by atoms with Crippen LogP contribution in [0, 0.1) is 5.92 Å². The molecule has 0 aromatic heterocycles. The predicted octanol–water partition coefficient (Wildman–Crippen LogP) is 4.86. The van der Waals surface area contributed by atoms with Gasteiger partial charge in [-0.05, 0) is 61.8 Å². The molecule has 110 valence electrons. The largest absolute Gasteiger partial charge is 0.309 e. The molecule has 3 heteroatoms. The molecule has 1 fully saturated rings. The third-order valence-electron chi connectivity index (χ3n) is 4.41. The van der Waals surface area contributed by atoms with Gasteiger partial charge in [0, 0.05) is 22.0 Å². The van der Waals surface area contributed by atoms with Gasteiger partial charge in [-0.1, -0.05) is 47.5 Å². The lowest BCUT2D eigenvalue weighted by atomic mass is 9.85. The van der Waals surface area contributed by atoms with Crippen LogP contribution in [0.25, 0.3) is 0 Å². The van der Waals surface area contributed by atoms with E-state index in [1.165, 1.54) is 17.5 Å². The molecule has 0 heterocycles. The molecule has 1 saturated carbocycles. The Hall–Kier alpha value is -1.02. The normalized spacial score (nSPS) is 19.8. The molecule has 3 rings (SSSR count). The summed E-state index contributed by atoms with van der Waals surface area (Å²) in [7, 11) is 4.26. The quantitative estimate of drug-likeness (QED) is 0.777. The maximum absolute atomic E-state index is 6.04. The Morgan fingerprint density at radius 1 is 0.905 bits per heavy atom. The Morgan fingerprint density at radius 2 is 1.33 bits per heavy atom. The van der Waals surface area contributed by atoms with Crippen LogP contribution in [0.1, 0.15) is 17.5 Å². The second-order valence-corrected chi connectivity index (χ2v) is 7.02. The van der Waals surface area contributed by atoms with E-state index in [9.17, 15) is 0 Å². The molecule has 0 bridgehead atoms. The van der Waals surface area contributed by atoms with Gasteiger partial charge in [-0.25, -0.2) is 0 Å². The van der Waals surface area contributed by atoms with Crippen molar-refractivity contribution >= 4 is 23.2 Å². The van der Waals surface area contributed by atoms with Crippen LogP contribution in [-0.4, -0.2) is 25.5 Å². The fourth-order valence-corrected chi connectivity index (χ4v) is 3.61. The Morgan fingerprint density at radius 3 is 1.71 bits per heavy atom. The zero-order valence-corrected chi connectivity index (χ0v) is 13.8. The van der Waals surface area contributed by atoms with E-state index in [0.717, 1.165) is 16.6 Å². The summed E-state index contributed by atoms with van der Waals surface area (Å²) in [4.78, 5) is 2.26. The van der Waals surface area contributed by atoms with E-state index < -0.39 is 0 Å². The molecule has 0 radical (unpaired) electrons. The van der Waals surface area contributed by atoms with Crippen LogP contribution in [0.4, 0.5) is 0 Å². The van der Waals surface area contributed by atoms with Gasteiger partial charge in [-0.3, -0.25) is 0 Å². The molecule has 1 atom stereocenters. The van der Waals surface area contributed by atoms with Gasteiger partial charge in [0.2, 0.25) is 0 Å². The number of nitrogens with zero attached hydrogens (tertiary/aromatic N) is 1. The zero-order chi connectivity index (χ0) is 15.0. The van der Waals surface area contributed by atoms with Gasteiger partial charge < -0.3 is 4.90 Å². The topological polar surface area (TPSA) is 3.24 Å². The van der Waals surface area contributed by atoms with Crippen LogP contribution in [0.15, 0.2) is 48.5 Å². The van der Waals surface area contributed by atoms with Crippen molar-refractivity contribution in [3.05, 3.63) is 69.7 Å². The first kappa shape index (κ1) is 14.9. The molecule has 1 aliphatic rings. The molecule has 0 spiro atoms. The summed E-state index contributed by atoms with van der Waals surface area (Å²) in [5.74, 6) is 0.634. The lowest BCUT2D eigenvalue weighted by Crippen LogP contribution is -2.21. The van der Waals surface area contributed by atoms with Gasteiger partial charge >= 0.3 is 0 Å². The van der Waals surface area contributed by atoms with Gasteiger partial charge in [0.1, 0.15) is 0 Å². The van der Waals surface area contributed by atoms with Crippen molar-refractivity contribution in [2.75, 3.05) is 20.6 Å². The van der Waals surface area contributed by atoms with Crippen LogP contribution >= 0.6 is 23.2 Å². The maximum atomic E-state index is 6.04. The molecule has 1 nitrogen and oxygen atoms in total. The van der Waals surface area contributed by atoms with Crippen molar-refractivity contribution in [3.63, 3.8) is 0 Å². The highest BCUT2D eigenvalue weighted by Gasteiger charge is 2.56. The standard InChI is InChI=1S/C18H19Cl2N/c1-21(2)12-15-11-18(15,13-3-7-16(19)8-4-13)14-5-9-17(20)10-6-14/h3-10,15H,11-12H2,1-2H3. The number of benzene rings is 2. The summed E-state index contributed by atoms with van der Waals surface area (Å²) >= 11 is 12.1. The highest BCUT2D eigenvalue weighted by atomic mass is 35.5. The van der Waals surface area contributed by atoms with Gasteiger partial charge in [0.25, 0.3) is 0 Å². The molecule has 1 unspecified atom stereocenters. The molecule has 2 aromatic rings. The van der Waals surface area contributed by atoms with E-state index in [-0.39, 0.29) is 5.41 Å². The minimum absolute atomic E-state index is 0.111.